The molecule has 19 heavy (non-hydrogen) atoms. The standard InChI is InChI=1S/C14H20N2O3/c1-14(2,9-15-6-3-7-17)10-4-5-12-11(8-10)16-13(18)19-12/h4-5,8,15,17H,3,6-7,9H2,1-2H3,(H,16,18). The summed E-state index contributed by atoms with van der Waals surface area (Å²) >= 11 is 0. The largest absolute Gasteiger partial charge is 0.417 e. The van der Waals surface area contributed by atoms with Crippen LogP contribution < -0.4 is 11.1 Å². The highest BCUT2D eigenvalue weighted by Gasteiger charge is 2.20. The van der Waals surface area contributed by atoms with Crippen LogP contribution in [0.2, 0.25) is 0 Å². The third-order valence-electron chi connectivity index (χ3n) is 3.28. The first kappa shape index (κ1) is 13.8. The second-order valence-corrected chi connectivity index (χ2v) is 5.36. The van der Waals surface area contributed by atoms with E-state index in [4.69, 9.17) is 9.52 Å². The van der Waals surface area contributed by atoms with E-state index in [2.05, 4.69) is 24.1 Å². The van der Waals surface area contributed by atoms with E-state index in [1.54, 1.807) is 0 Å². The van der Waals surface area contributed by atoms with Crippen LogP contribution in [0.15, 0.2) is 27.4 Å². The second kappa shape index (κ2) is 5.59. The van der Waals surface area contributed by atoms with E-state index in [9.17, 15) is 4.79 Å². The van der Waals surface area contributed by atoms with Gasteiger partial charge in [-0.15, -0.1) is 0 Å². The Morgan fingerprint density at radius 2 is 2.21 bits per heavy atom. The van der Waals surface area contributed by atoms with Gasteiger partial charge < -0.3 is 14.8 Å². The molecule has 0 amide bonds. The number of aromatic amines is 1. The van der Waals surface area contributed by atoms with Crippen molar-refractivity contribution in [3.05, 3.63) is 34.3 Å². The summed E-state index contributed by atoms with van der Waals surface area (Å²) in [5.41, 5.74) is 2.38. The van der Waals surface area contributed by atoms with E-state index in [0.717, 1.165) is 30.6 Å². The Balaban J connectivity index is 2.14. The van der Waals surface area contributed by atoms with Gasteiger partial charge in [-0.05, 0) is 30.7 Å². The van der Waals surface area contributed by atoms with E-state index in [-0.39, 0.29) is 12.0 Å². The Hall–Kier alpha value is -1.59. The molecular formula is C14H20N2O3. The predicted molar refractivity (Wildman–Crippen MR) is 74.4 cm³/mol. The number of hydrogen-bond donors (Lipinski definition) is 3. The zero-order chi connectivity index (χ0) is 13.9. The number of rotatable bonds is 6. The molecule has 0 atom stereocenters. The third-order valence-corrected chi connectivity index (χ3v) is 3.28. The molecule has 5 heteroatoms. The lowest BCUT2D eigenvalue weighted by Gasteiger charge is -2.25. The topological polar surface area (TPSA) is 78.3 Å². The SMILES string of the molecule is CC(C)(CNCCCO)c1ccc2oc(=O)[nH]c2c1. The van der Waals surface area contributed by atoms with Crippen molar-refractivity contribution >= 4 is 11.1 Å². The zero-order valence-electron chi connectivity index (χ0n) is 11.3. The fraction of sp³-hybridized carbons (Fsp3) is 0.500. The van der Waals surface area contributed by atoms with E-state index in [1.165, 1.54) is 0 Å². The maximum Gasteiger partial charge on any atom is 0.417 e. The summed E-state index contributed by atoms with van der Waals surface area (Å²) in [6.45, 7) is 6.08. The van der Waals surface area contributed by atoms with Crippen molar-refractivity contribution in [3.8, 4) is 0 Å². The molecule has 1 heterocycles. The minimum Gasteiger partial charge on any atom is -0.408 e. The Morgan fingerprint density at radius 3 is 2.95 bits per heavy atom. The summed E-state index contributed by atoms with van der Waals surface area (Å²) in [7, 11) is 0. The lowest BCUT2D eigenvalue weighted by Crippen LogP contribution is -2.33. The molecule has 104 valence electrons. The molecule has 0 aliphatic rings. The van der Waals surface area contributed by atoms with Crippen LogP contribution in [-0.2, 0) is 5.41 Å². The first-order valence-electron chi connectivity index (χ1n) is 6.48. The van der Waals surface area contributed by atoms with Gasteiger partial charge in [0.25, 0.3) is 0 Å². The third kappa shape index (κ3) is 3.24. The van der Waals surface area contributed by atoms with Gasteiger partial charge in [0.05, 0.1) is 5.52 Å². The normalized spacial score (nSPS) is 12.2. The lowest BCUT2D eigenvalue weighted by molar-refractivity contribution is 0.284. The van der Waals surface area contributed by atoms with Crippen LogP contribution in [0.5, 0.6) is 0 Å². The van der Waals surface area contributed by atoms with Crippen molar-refractivity contribution in [1.82, 2.24) is 10.3 Å². The second-order valence-electron chi connectivity index (χ2n) is 5.36. The zero-order valence-corrected chi connectivity index (χ0v) is 11.3. The van der Waals surface area contributed by atoms with Gasteiger partial charge in [-0.1, -0.05) is 19.9 Å². The summed E-state index contributed by atoms with van der Waals surface area (Å²) in [6.07, 6.45) is 0.754. The van der Waals surface area contributed by atoms with Crippen LogP contribution in [0.4, 0.5) is 0 Å². The minimum atomic E-state index is -0.425. The van der Waals surface area contributed by atoms with Crippen molar-refractivity contribution in [1.29, 1.82) is 0 Å². The van der Waals surface area contributed by atoms with Gasteiger partial charge in [0, 0.05) is 18.6 Å². The summed E-state index contributed by atoms with van der Waals surface area (Å²) in [5, 5.41) is 12.1. The quantitative estimate of drug-likeness (QED) is 0.689. The van der Waals surface area contributed by atoms with Gasteiger partial charge in [0.15, 0.2) is 5.58 Å². The van der Waals surface area contributed by atoms with Gasteiger partial charge in [0.2, 0.25) is 0 Å². The molecule has 0 radical (unpaired) electrons. The fourth-order valence-electron chi connectivity index (χ4n) is 2.08. The summed E-state index contributed by atoms with van der Waals surface area (Å²) in [4.78, 5) is 13.8. The molecule has 1 aromatic heterocycles. The Labute approximate surface area is 111 Å². The molecule has 1 aromatic carbocycles. The Bertz CT molecular complexity index is 598. The number of fused-ring (bicyclic) bond motifs is 1. The van der Waals surface area contributed by atoms with Gasteiger partial charge in [-0.25, -0.2) is 4.79 Å². The van der Waals surface area contributed by atoms with Crippen LogP contribution in [0.25, 0.3) is 11.1 Å². The maximum absolute atomic E-state index is 11.1. The van der Waals surface area contributed by atoms with Crippen LogP contribution in [0.1, 0.15) is 25.8 Å². The number of aliphatic hydroxyl groups is 1. The number of aromatic nitrogens is 1. The monoisotopic (exact) mass is 264 g/mol. The van der Waals surface area contributed by atoms with Crippen LogP contribution in [-0.4, -0.2) is 29.8 Å². The van der Waals surface area contributed by atoms with E-state index >= 15 is 0 Å². The van der Waals surface area contributed by atoms with Crippen molar-refractivity contribution in [2.45, 2.75) is 25.7 Å². The summed E-state index contributed by atoms with van der Waals surface area (Å²) in [5.74, 6) is -0.425. The average molecular weight is 264 g/mol. The molecular weight excluding hydrogens is 244 g/mol. The van der Waals surface area contributed by atoms with Crippen molar-refractivity contribution in [3.63, 3.8) is 0 Å². The van der Waals surface area contributed by atoms with Crippen LogP contribution >= 0.6 is 0 Å². The number of hydrogen-bond acceptors (Lipinski definition) is 4. The predicted octanol–water partition coefficient (Wildman–Crippen LogP) is 1.37. The highest BCUT2D eigenvalue weighted by molar-refractivity contribution is 5.73. The molecule has 0 fully saturated rings. The van der Waals surface area contributed by atoms with Gasteiger partial charge in [-0.2, -0.15) is 0 Å². The molecule has 5 nitrogen and oxygen atoms in total. The molecule has 0 spiro atoms. The Kier molecular flexibility index (Phi) is 4.07. The molecule has 0 saturated heterocycles. The minimum absolute atomic E-state index is 0.0577. The van der Waals surface area contributed by atoms with Crippen molar-refractivity contribution in [2.75, 3.05) is 19.7 Å². The van der Waals surface area contributed by atoms with E-state index < -0.39 is 5.76 Å². The smallest absolute Gasteiger partial charge is 0.408 e. The molecule has 0 aliphatic heterocycles. The number of benzene rings is 1. The first-order chi connectivity index (χ1) is 9.03. The fourth-order valence-corrected chi connectivity index (χ4v) is 2.08. The Morgan fingerprint density at radius 1 is 1.42 bits per heavy atom. The number of H-pyrrole nitrogens is 1. The van der Waals surface area contributed by atoms with E-state index in [0.29, 0.717) is 5.58 Å². The molecule has 0 bridgehead atoms. The van der Waals surface area contributed by atoms with Gasteiger partial charge >= 0.3 is 5.76 Å². The van der Waals surface area contributed by atoms with Crippen LogP contribution in [0.3, 0.4) is 0 Å². The first-order valence-corrected chi connectivity index (χ1v) is 6.48. The molecule has 2 aromatic rings. The number of nitrogens with one attached hydrogen (secondary N) is 2. The van der Waals surface area contributed by atoms with E-state index in [1.807, 2.05) is 18.2 Å². The summed E-state index contributed by atoms with van der Waals surface area (Å²) in [6, 6.07) is 5.75. The lowest BCUT2D eigenvalue weighted by atomic mass is 9.84. The highest BCUT2D eigenvalue weighted by atomic mass is 16.4. The number of oxazole rings is 1. The van der Waals surface area contributed by atoms with Gasteiger partial charge in [-0.3, -0.25) is 4.98 Å². The average Bonchev–Trinajstić information content (AvgIpc) is 2.73. The molecule has 0 saturated carbocycles. The molecule has 3 N–H and O–H groups in total. The molecule has 0 aliphatic carbocycles. The maximum atomic E-state index is 11.1. The molecule has 2 rings (SSSR count). The van der Waals surface area contributed by atoms with Crippen LogP contribution in [0, 0.1) is 0 Å². The number of aliphatic hydroxyl groups excluding tert-OH is 1. The highest BCUT2D eigenvalue weighted by Crippen LogP contribution is 2.25. The van der Waals surface area contributed by atoms with Crippen molar-refractivity contribution in [2.24, 2.45) is 0 Å². The summed E-state index contributed by atoms with van der Waals surface area (Å²) < 4.78 is 4.99. The van der Waals surface area contributed by atoms with Crippen molar-refractivity contribution < 1.29 is 9.52 Å². The molecule has 0 unspecified atom stereocenters. The van der Waals surface area contributed by atoms with Gasteiger partial charge in [0.1, 0.15) is 0 Å².